The lowest BCUT2D eigenvalue weighted by molar-refractivity contribution is 0.281. The summed E-state index contributed by atoms with van der Waals surface area (Å²) in [6.07, 6.45) is 6.28. The molecule has 2 nitrogen and oxygen atoms in total. The number of hydrogen-bond acceptors (Lipinski definition) is 2. The second kappa shape index (κ2) is 4.98. The average molecular weight is 219 g/mol. The monoisotopic (exact) mass is 219 g/mol. The zero-order valence-corrected chi connectivity index (χ0v) is 9.78. The molecule has 1 aromatic carbocycles. The topological polar surface area (TPSA) is 46.2 Å². The molecule has 0 saturated heterocycles. The summed E-state index contributed by atoms with van der Waals surface area (Å²) >= 11 is 0. The fraction of sp³-hybridized carbons (Fsp3) is 0.571. The van der Waals surface area contributed by atoms with Crippen molar-refractivity contribution in [3.05, 3.63) is 35.4 Å². The lowest BCUT2D eigenvalue weighted by Gasteiger charge is -2.27. The highest BCUT2D eigenvalue weighted by Gasteiger charge is 2.32. The molecular weight excluding hydrogens is 198 g/mol. The van der Waals surface area contributed by atoms with Crippen LogP contribution in [0, 0.1) is 5.41 Å². The first kappa shape index (κ1) is 11.6. The summed E-state index contributed by atoms with van der Waals surface area (Å²) in [6.45, 7) is 0.928. The Bertz CT molecular complexity index is 325. The summed E-state index contributed by atoms with van der Waals surface area (Å²) in [4.78, 5) is 0. The Morgan fingerprint density at radius 1 is 1.06 bits per heavy atom. The van der Waals surface area contributed by atoms with Crippen molar-refractivity contribution in [1.29, 1.82) is 0 Å². The van der Waals surface area contributed by atoms with Gasteiger partial charge in [0.15, 0.2) is 0 Å². The van der Waals surface area contributed by atoms with Gasteiger partial charge in [-0.3, -0.25) is 0 Å². The van der Waals surface area contributed by atoms with Gasteiger partial charge in [0.2, 0.25) is 0 Å². The summed E-state index contributed by atoms with van der Waals surface area (Å²) in [5.41, 5.74) is 8.62. The Hall–Kier alpha value is -0.860. The molecule has 0 aromatic heterocycles. The van der Waals surface area contributed by atoms with Crippen LogP contribution in [0.15, 0.2) is 24.3 Å². The molecule has 2 heteroatoms. The minimum Gasteiger partial charge on any atom is -0.392 e. The fourth-order valence-electron chi connectivity index (χ4n) is 2.77. The highest BCUT2D eigenvalue weighted by Crippen LogP contribution is 2.39. The van der Waals surface area contributed by atoms with Crippen LogP contribution < -0.4 is 5.73 Å². The molecule has 0 atom stereocenters. The molecule has 1 aliphatic rings. The molecule has 0 radical (unpaired) electrons. The van der Waals surface area contributed by atoms with Crippen LogP contribution in [-0.2, 0) is 13.0 Å². The number of hydrogen-bond donors (Lipinski definition) is 2. The van der Waals surface area contributed by atoms with Gasteiger partial charge in [-0.1, -0.05) is 37.1 Å². The van der Waals surface area contributed by atoms with Gasteiger partial charge in [0.1, 0.15) is 0 Å². The Balaban J connectivity index is 2.07. The van der Waals surface area contributed by atoms with E-state index in [0.29, 0.717) is 5.41 Å². The minimum absolute atomic E-state index is 0.127. The Kier molecular flexibility index (Phi) is 3.62. The van der Waals surface area contributed by atoms with Crippen LogP contribution in [0.4, 0.5) is 0 Å². The molecule has 0 heterocycles. The summed E-state index contributed by atoms with van der Waals surface area (Å²) in [5.74, 6) is 0. The van der Waals surface area contributed by atoms with Gasteiger partial charge in [-0.05, 0) is 42.3 Å². The first-order valence-electron chi connectivity index (χ1n) is 6.17. The van der Waals surface area contributed by atoms with Crippen LogP contribution in [0.25, 0.3) is 0 Å². The largest absolute Gasteiger partial charge is 0.392 e. The highest BCUT2D eigenvalue weighted by molar-refractivity contribution is 5.23. The summed E-state index contributed by atoms with van der Waals surface area (Å²) in [6, 6.07) is 8.27. The third kappa shape index (κ3) is 2.45. The van der Waals surface area contributed by atoms with E-state index in [9.17, 15) is 0 Å². The van der Waals surface area contributed by atoms with Gasteiger partial charge in [0, 0.05) is 0 Å². The van der Waals surface area contributed by atoms with Crippen molar-refractivity contribution in [2.45, 2.75) is 38.7 Å². The number of rotatable bonds is 4. The maximum atomic E-state index is 8.99. The maximum Gasteiger partial charge on any atom is 0.0681 e. The van der Waals surface area contributed by atoms with E-state index in [4.69, 9.17) is 10.8 Å². The molecule has 0 bridgehead atoms. The standard InChI is InChI=1S/C14H21NO/c15-11-14(7-1-2-8-14)9-12-3-5-13(10-16)6-4-12/h3-6,16H,1-2,7-11,15H2. The van der Waals surface area contributed by atoms with E-state index in [1.807, 2.05) is 12.1 Å². The van der Waals surface area contributed by atoms with E-state index in [2.05, 4.69) is 12.1 Å². The maximum absolute atomic E-state index is 8.99. The van der Waals surface area contributed by atoms with E-state index in [1.165, 1.54) is 31.2 Å². The van der Waals surface area contributed by atoms with Crippen LogP contribution in [0.2, 0.25) is 0 Å². The van der Waals surface area contributed by atoms with Crippen LogP contribution in [0.3, 0.4) is 0 Å². The number of aliphatic hydroxyl groups is 1. The van der Waals surface area contributed by atoms with Crippen molar-refractivity contribution in [3.8, 4) is 0 Å². The van der Waals surface area contributed by atoms with Crippen LogP contribution in [-0.4, -0.2) is 11.7 Å². The predicted octanol–water partition coefficient (Wildman–Crippen LogP) is 2.24. The molecule has 2 rings (SSSR count). The first-order valence-corrected chi connectivity index (χ1v) is 6.17. The molecule has 0 amide bonds. The summed E-state index contributed by atoms with van der Waals surface area (Å²) < 4.78 is 0. The summed E-state index contributed by atoms with van der Waals surface area (Å²) in [7, 11) is 0. The van der Waals surface area contributed by atoms with Crippen LogP contribution in [0.5, 0.6) is 0 Å². The van der Waals surface area contributed by atoms with Gasteiger partial charge < -0.3 is 10.8 Å². The minimum atomic E-state index is 0.127. The number of nitrogens with two attached hydrogens (primary N) is 1. The molecule has 0 aliphatic heterocycles. The lowest BCUT2D eigenvalue weighted by atomic mass is 9.80. The Labute approximate surface area is 97.5 Å². The van der Waals surface area contributed by atoms with Gasteiger partial charge in [0.05, 0.1) is 6.61 Å². The van der Waals surface area contributed by atoms with E-state index in [1.54, 1.807) is 0 Å². The number of benzene rings is 1. The number of aliphatic hydroxyl groups excluding tert-OH is 1. The van der Waals surface area contributed by atoms with E-state index in [-0.39, 0.29) is 6.61 Å². The molecule has 1 aromatic rings. The molecule has 0 spiro atoms. The van der Waals surface area contributed by atoms with Crippen LogP contribution in [0.1, 0.15) is 36.8 Å². The van der Waals surface area contributed by atoms with Crippen LogP contribution >= 0.6 is 0 Å². The second-order valence-corrected chi connectivity index (χ2v) is 5.06. The van der Waals surface area contributed by atoms with E-state index < -0.39 is 0 Å². The van der Waals surface area contributed by atoms with Gasteiger partial charge in [-0.25, -0.2) is 0 Å². The molecule has 1 aliphatic carbocycles. The first-order chi connectivity index (χ1) is 7.78. The molecule has 3 N–H and O–H groups in total. The molecule has 1 saturated carbocycles. The van der Waals surface area contributed by atoms with Crippen molar-refractivity contribution >= 4 is 0 Å². The van der Waals surface area contributed by atoms with Crippen molar-refractivity contribution in [2.24, 2.45) is 11.1 Å². The molecule has 16 heavy (non-hydrogen) atoms. The van der Waals surface area contributed by atoms with Crippen molar-refractivity contribution in [1.82, 2.24) is 0 Å². The highest BCUT2D eigenvalue weighted by atomic mass is 16.3. The normalized spacial score (nSPS) is 18.9. The Morgan fingerprint density at radius 2 is 1.62 bits per heavy atom. The SMILES string of the molecule is NCC1(Cc2ccc(CO)cc2)CCCC1. The molecule has 0 unspecified atom stereocenters. The molecule has 1 fully saturated rings. The van der Waals surface area contributed by atoms with Crippen molar-refractivity contribution < 1.29 is 5.11 Å². The van der Waals surface area contributed by atoms with Crippen molar-refractivity contribution in [3.63, 3.8) is 0 Å². The lowest BCUT2D eigenvalue weighted by Crippen LogP contribution is -2.29. The van der Waals surface area contributed by atoms with Gasteiger partial charge >= 0.3 is 0 Å². The third-order valence-corrected chi connectivity index (χ3v) is 3.88. The van der Waals surface area contributed by atoms with E-state index in [0.717, 1.165) is 18.5 Å². The summed E-state index contributed by atoms with van der Waals surface area (Å²) in [5, 5.41) is 8.99. The van der Waals surface area contributed by atoms with E-state index >= 15 is 0 Å². The van der Waals surface area contributed by atoms with Crippen molar-refractivity contribution in [2.75, 3.05) is 6.54 Å². The van der Waals surface area contributed by atoms with Gasteiger partial charge in [-0.2, -0.15) is 0 Å². The van der Waals surface area contributed by atoms with Gasteiger partial charge in [0.25, 0.3) is 0 Å². The average Bonchev–Trinajstić information content (AvgIpc) is 2.79. The fourth-order valence-corrected chi connectivity index (χ4v) is 2.77. The predicted molar refractivity (Wildman–Crippen MR) is 66.0 cm³/mol. The second-order valence-electron chi connectivity index (χ2n) is 5.06. The quantitative estimate of drug-likeness (QED) is 0.815. The molecular formula is C14H21NO. The Morgan fingerprint density at radius 3 is 2.12 bits per heavy atom. The smallest absolute Gasteiger partial charge is 0.0681 e. The zero-order valence-electron chi connectivity index (χ0n) is 9.78. The van der Waals surface area contributed by atoms with Gasteiger partial charge in [-0.15, -0.1) is 0 Å². The third-order valence-electron chi connectivity index (χ3n) is 3.88. The zero-order chi connectivity index (χ0) is 11.4. The molecule has 88 valence electrons.